The van der Waals surface area contributed by atoms with Crippen LogP contribution in [0.1, 0.15) is 37.8 Å². The monoisotopic (exact) mass is 527 g/mol. The number of halogens is 2. The summed E-state index contributed by atoms with van der Waals surface area (Å²) >= 11 is 12.1. The second-order valence-electron chi connectivity index (χ2n) is 8.17. The fraction of sp³-hybridized carbons (Fsp3) is 0.417. The molecule has 0 saturated carbocycles. The van der Waals surface area contributed by atoms with Crippen LogP contribution in [0.4, 0.5) is 5.69 Å². The second kappa shape index (κ2) is 12.4. The van der Waals surface area contributed by atoms with Gasteiger partial charge >= 0.3 is 0 Å². The predicted octanol–water partition coefficient (Wildman–Crippen LogP) is 4.40. The molecule has 0 aromatic heterocycles. The highest BCUT2D eigenvalue weighted by Gasteiger charge is 2.30. The molecule has 0 aliphatic heterocycles. The minimum absolute atomic E-state index is 0.155. The van der Waals surface area contributed by atoms with Crippen molar-refractivity contribution in [1.82, 2.24) is 10.2 Å². The molecule has 0 bridgehead atoms. The van der Waals surface area contributed by atoms with Crippen LogP contribution in [-0.4, -0.2) is 50.5 Å². The maximum atomic E-state index is 13.5. The van der Waals surface area contributed by atoms with E-state index in [0.29, 0.717) is 6.54 Å². The molecule has 0 aliphatic rings. The van der Waals surface area contributed by atoms with E-state index in [1.165, 1.54) is 23.1 Å². The normalized spacial score (nSPS) is 12.2. The van der Waals surface area contributed by atoms with Gasteiger partial charge in [0.15, 0.2) is 0 Å². The van der Waals surface area contributed by atoms with Gasteiger partial charge in [0.25, 0.3) is 0 Å². The molecule has 10 heteroatoms. The number of hydrogen-bond acceptors (Lipinski definition) is 4. The van der Waals surface area contributed by atoms with Gasteiger partial charge in [0.05, 0.1) is 11.9 Å². The van der Waals surface area contributed by atoms with Crippen molar-refractivity contribution >= 4 is 50.7 Å². The van der Waals surface area contributed by atoms with E-state index in [9.17, 15) is 18.0 Å². The van der Waals surface area contributed by atoms with Crippen LogP contribution in [0.25, 0.3) is 0 Å². The van der Waals surface area contributed by atoms with E-state index in [0.717, 1.165) is 34.5 Å². The number of carbonyl (C=O) groups excluding carboxylic acids is 2. The third-order valence-corrected chi connectivity index (χ3v) is 6.99. The first-order valence-corrected chi connectivity index (χ1v) is 13.6. The maximum absolute atomic E-state index is 13.5. The number of benzene rings is 2. The first-order chi connectivity index (χ1) is 15.9. The van der Waals surface area contributed by atoms with Crippen molar-refractivity contribution in [2.45, 2.75) is 46.2 Å². The molecule has 2 rings (SSSR count). The van der Waals surface area contributed by atoms with Gasteiger partial charge in [0, 0.05) is 23.1 Å². The number of unbranched alkanes of at least 4 members (excludes halogenated alkanes) is 1. The zero-order valence-electron chi connectivity index (χ0n) is 19.8. The Kier molecular flexibility index (Phi) is 10.2. The van der Waals surface area contributed by atoms with Crippen molar-refractivity contribution in [2.75, 3.05) is 23.7 Å². The lowest BCUT2D eigenvalue weighted by molar-refractivity contribution is -0.139. The van der Waals surface area contributed by atoms with Crippen LogP contribution in [0.5, 0.6) is 0 Å². The second-order valence-corrected chi connectivity index (χ2v) is 10.9. The van der Waals surface area contributed by atoms with Gasteiger partial charge in [-0.2, -0.15) is 0 Å². The van der Waals surface area contributed by atoms with E-state index in [1.807, 2.05) is 38.1 Å². The van der Waals surface area contributed by atoms with Crippen LogP contribution < -0.4 is 9.62 Å². The fourth-order valence-electron chi connectivity index (χ4n) is 3.39. The summed E-state index contributed by atoms with van der Waals surface area (Å²) in [4.78, 5) is 27.7. The predicted molar refractivity (Wildman–Crippen MR) is 138 cm³/mol. The third-order valence-electron chi connectivity index (χ3n) is 5.41. The molecule has 0 aliphatic carbocycles. The summed E-state index contributed by atoms with van der Waals surface area (Å²) in [6.07, 6.45) is 2.75. The number of amides is 2. The highest BCUT2D eigenvalue weighted by Crippen LogP contribution is 2.27. The minimum Gasteiger partial charge on any atom is -0.354 e. The highest BCUT2D eigenvalue weighted by molar-refractivity contribution is 7.92. The summed E-state index contributed by atoms with van der Waals surface area (Å²) in [5, 5.41) is 3.33. The van der Waals surface area contributed by atoms with E-state index in [4.69, 9.17) is 23.2 Å². The molecule has 2 aromatic rings. The molecule has 2 amide bonds. The summed E-state index contributed by atoms with van der Waals surface area (Å²) < 4.78 is 26.1. The Morgan fingerprint density at radius 3 is 2.26 bits per heavy atom. The minimum atomic E-state index is -3.86. The van der Waals surface area contributed by atoms with Crippen LogP contribution >= 0.6 is 23.2 Å². The van der Waals surface area contributed by atoms with Gasteiger partial charge in [-0.15, -0.1) is 0 Å². The number of aryl methyl sites for hydroxylation is 1. The third kappa shape index (κ3) is 7.89. The van der Waals surface area contributed by atoms with Crippen molar-refractivity contribution in [2.24, 2.45) is 0 Å². The van der Waals surface area contributed by atoms with E-state index in [-0.39, 0.29) is 28.2 Å². The molecule has 0 saturated heterocycles. The number of nitrogens with one attached hydrogen (secondary N) is 1. The lowest BCUT2D eigenvalue weighted by Crippen LogP contribution is -2.51. The smallest absolute Gasteiger partial charge is 0.244 e. The Morgan fingerprint density at radius 2 is 1.71 bits per heavy atom. The van der Waals surface area contributed by atoms with Gasteiger partial charge < -0.3 is 10.2 Å². The SMILES string of the molecule is CCCCNC(=O)[C@H](C)N(Cc1ccccc1C)C(=O)CN(c1cc(Cl)cc(Cl)c1)S(C)(=O)=O. The molecule has 186 valence electrons. The van der Waals surface area contributed by atoms with Gasteiger partial charge in [-0.3, -0.25) is 13.9 Å². The summed E-state index contributed by atoms with van der Waals surface area (Å²) in [5.74, 6) is -0.824. The van der Waals surface area contributed by atoms with Gasteiger partial charge in [-0.25, -0.2) is 8.42 Å². The molecule has 34 heavy (non-hydrogen) atoms. The van der Waals surface area contributed by atoms with E-state index >= 15 is 0 Å². The molecule has 0 heterocycles. The van der Waals surface area contributed by atoms with Crippen LogP contribution in [0.15, 0.2) is 42.5 Å². The van der Waals surface area contributed by atoms with Crippen LogP contribution in [0.3, 0.4) is 0 Å². The quantitative estimate of drug-likeness (QED) is 0.438. The van der Waals surface area contributed by atoms with Gasteiger partial charge in [0.1, 0.15) is 12.6 Å². The first-order valence-electron chi connectivity index (χ1n) is 11.0. The lowest BCUT2D eigenvalue weighted by atomic mass is 10.1. The van der Waals surface area contributed by atoms with Crippen LogP contribution in [-0.2, 0) is 26.2 Å². The fourth-order valence-corrected chi connectivity index (χ4v) is 4.73. The first kappa shape index (κ1) is 28.0. The van der Waals surface area contributed by atoms with Crippen molar-refractivity contribution < 1.29 is 18.0 Å². The Bertz CT molecular complexity index is 1100. The number of sulfonamides is 1. The van der Waals surface area contributed by atoms with Gasteiger partial charge in [-0.05, 0) is 49.6 Å². The standard InChI is InChI=1S/C24H31Cl2N3O4S/c1-5-6-11-27-24(31)18(3)28(15-19-10-8-7-9-17(19)2)23(30)16-29(34(4,32)33)22-13-20(25)12-21(26)14-22/h7-10,12-14,18H,5-6,11,15-16H2,1-4H3,(H,27,31)/t18-/m0/s1. The van der Waals surface area contributed by atoms with Crippen molar-refractivity contribution in [3.63, 3.8) is 0 Å². The van der Waals surface area contributed by atoms with Crippen molar-refractivity contribution in [3.05, 3.63) is 63.6 Å². The van der Waals surface area contributed by atoms with Gasteiger partial charge in [0.2, 0.25) is 21.8 Å². The Hall–Kier alpha value is -2.29. The number of nitrogens with zero attached hydrogens (tertiary/aromatic N) is 2. The average Bonchev–Trinajstić information content (AvgIpc) is 2.74. The summed E-state index contributed by atoms with van der Waals surface area (Å²) in [5.41, 5.74) is 1.99. The molecule has 0 fully saturated rings. The molecule has 2 aromatic carbocycles. The zero-order valence-corrected chi connectivity index (χ0v) is 22.2. The Labute approximate surface area is 212 Å². The van der Waals surface area contributed by atoms with E-state index < -0.39 is 28.5 Å². The number of rotatable bonds is 11. The molecular formula is C24H31Cl2N3O4S. The van der Waals surface area contributed by atoms with E-state index in [1.54, 1.807) is 6.92 Å². The number of carbonyl (C=O) groups is 2. The average molecular weight is 529 g/mol. The number of hydrogen-bond donors (Lipinski definition) is 1. The van der Waals surface area contributed by atoms with Crippen molar-refractivity contribution in [3.8, 4) is 0 Å². The summed E-state index contributed by atoms with van der Waals surface area (Å²) in [7, 11) is -3.86. The summed E-state index contributed by atoms with van der Waals surface area (Å²) in [6.45, 7) is 5.73. The molecular weight excluding hydrogens is 497 g/mol. The largest absolute Gasteiger partial charge is 0.354 e. The van der Waals surface area contributed by atoms with Gasteiger partial charge in [-0.1, -0.05) is 60.8 Å². The maximum Gasteiger partial charge on any atom is 0.244 e. The number of anilines is 1. The van der Waals surface area contributed by atoms with Crippen LogP contribution in [0, 0.1) is 6.92 Å². The topological polar surface area (TPSA) is 86.8 Å². The molecule has 1 atom stereocenters. The molecule has 0 radical (unpaired) electrons. The van der Waals surface area contributed by atoms with Crippen molar-refractivity contribution in [1.29, 1.82) is 0 Å². The molecule has 0 unspecified atom stereocenters. The molecule has 0 spiro atoms. The molecule has 1 N–H and O–H groups in total. The van der Waals surface area contributed by atoms with Crippen LogP contribution in [0.2, 0.25) is 10.0 Å². The molecule has 7 nitrogen and oxygen atoms in total. The highest BCUT2D eigenvalue weighted by atomic mass is 35.5. The lowest BCUT2D eigenvalue weighted by Gasteiger charge is -2.32. The summed E-state index contributed by atoms with van der Waals surface area (Å²) in [6, 6.07) is 11.1. The van der Waals surface area contributed by atoms with E-state index in [2.05, 4.69) is 5.32 Å². The zero-order chi connectivity index (χ0) is 25.5. The Balaban J connectivity index is 2.39. The Morgan fingerprint density at radius 1 is 1.09 bits per heavy atom.